The van der Waals surface area contributed by atoms with Gasteiger partial charge in [-0.2, -0.15) is 0 Å². The molecule has 0 bridgehead atoms. The molecule has 0 radical (unpaired) electrons. The van der Waals surface area contributed by atoms with Crippen molar-refractivity contribution >= 4 is 0 Å². The summed E-state index contributed by atoms with van der Waals surface area (Å²) in [7, 11) is 0. The number of ether oxygens (including phenoxy) is 5. The lowest BCUT2D eigenvalue weighted by Gasteiger charge is -2.24. The summed E-state index contributed by atoms with van der Waals surface area (Å²) in [4.78, 5) is 23.0. The Hall–Kier alpha value is -5.36. The Bertz CT molecular complexity index is 1600. The van der Waals surface area contributed by atoms with E-state index in [-0.39, 0.29) is 0 Å². The van der Waals surface area contributed by atoms with Crippen molar-refractivity contribution in [1.82, 2.24) is 29.7 Å². The van der Waals surface area contributed by atoms with E-state index in [4.69, 9.17) is 23.7 Å². The molecule has 0 aliphatic carbocycles. The molecule has 0 aliphatic rings. The van der Waals surface area contributed by atoms with E-state index in [1.807, 2.05) is 76.2 Å². The lowest BCUT2D eigenvalue weighted by molar-refractivity contribution is 0.0745. The first-order chi connectivity index (χ1) is 26.5. The van der Waals surface area contributed by atoms with Crippen molar-refractivity contribution in [1.29, 1.82) is 0 Å². The summed E-state index contributed by atoms with van der Waals surface area (Å²) in [6.07, 6.45) is 7.08. The fraction of sp³-hybridized carbons (Fsp3) is 0.364. The van der Waals surface area contributed by atoms with Gasteiger partial charge < -0.3 is 23.7 Å². The zero-order valence-electron chi connectivity index (χ0n) is 33.0. The highest BCUT2D eigenvalue weighted by molar-refractivity contribution is 5.26. The smallest absolute Gasteiger partial charge is 0.123 e. The standard InChI is InChI=1S/C44H56N6O5/c1-33(2)29-52-41-9-13-45-37(21-41)25-49(26-38-22-42(10-14-46-38)53-30-34(3)4)17-19-51-20-18-50(27-39-23-43(11-15-47-39)54-31-35(5)6)28-40-24-44(12-16-48-40)55-32-36(7)8/h9-16,21-24H,1,3,5,7,17-20,25-32H2,2,4,6,8H3. The number of hydrogen-bond donors (Lipinski definition) is 0. The van der Waals surface area contributed by atoms with E-state index >= 15 is 0 Å². The van der Waals surface area contributed by atoms with Gasteiger partial charge in [-0.1, -0.05) is 26.3 Å². The van der Waals surface area contributed by atoms with Gasteiger partial charge in [0.1, 0.15) is 49.4 Å². The average molecular weight is 749 g/mol. The minimum Gasteiger partial charge on any atom is -0.489 e. The number of rotatable bonds is 26. The van der Waals surface area contributed by atoms with Gasteiger partial charge in [0.05, 0.1) is 36.0 Å². The molecule has 0 fully saturated rings. The highest BCUT2D eigenvalue weighted by Crippen LogP contribution is 2.19. The topological polar surface area (TPSA) is 104 Å². The lowest BCUT2D eigenvalue weighted by atomic mass is 10.2. The minimum absolute atomic E-state index is 0.452. The van der Waals surface area contributed by atoms with Crippen LogP contribution in [0.5, 0.6) is 23.0 Å². The predicted molar refractivity (Wildman–Crippen MR) is 217 cm³/mol. The van der Waals surface area contributed by atoms with E-state index in [2.05, 4.69) is 56.1 Å². The van der Waals surface area contributed by atoms with Crippen molar-refractivity contribution in [2.45, 2.75) is 53.9 Å². The molecular weight excluding hydrogens is 693 g/mol. The second-order valence-electron chi connectivity index (χ2n) is 13.9. The van der Waals surface area contributed by atoms with Crippen LogP contribution in [0.25, 0.3) is 0 Å². The third kappa shape index (κ3) is 17.1. The molecule has 11 heteroatoms. The summed E-state index contributed by atoms with van der Waals surface area (Å²) < 4.78 is 29.9. The minimum atomic E-state index is 0.452. The maximum atomic E-state index is 6.30. The quantitative estimate of drug-likeness (QED) is 0.0464. The van der Waals surface area contributed by atoms with E-state index < -0.39 is 0 Å². The molecule has 4 heterocycles. The number of hydrogen-bond acceptors (Lipinski definition) is 11. The van der Waals surface area contributed by atoms with E-state index in [0.29, 0.717) is 78.9 Å². The van der Waals surface area contributed by atoms with Crippen LogP contribution in [0, 0.1) is 0 Å². The summed E-state index contributed by atoms with van der Waals surface area (Å²) in [6.45, 7) is 29.9. The van der Waals surface area contributed by atoms with Gasteiger partial charge in [0.2, 0.25) is 0 Å². The molecule has 0 spiro atoms. The predicted octanol–water partition coefficient (Wildman–Crippen LogP) is 7.81. The van der Waals surface area contributed by atoms with Crippen molar-refractivity contribution < 1.29 is 23.7 Å². The van der Waals surface area contributed by atoms with Crippen molar-refractivity contribution in [3.63, 3.8) is 0 Å². The molecule has 0 amide bonds. The van der Waals surface area contributed by atoms with E-state index in [1.165, 1.54) is 0 Å². The van der Waals surface area contributed by atoms with Crippen LogP contribution in [0.15, 0.2) is 122 Å². The van der Waals surface area contributed by atoms with E-state index in [1.54, 1.807) is 24.8 Å². The first kappa shape index (κ1) is 42.4. The first-order valence-electron chi connectivity index (χ1n) is 18.4. The van der Waals surface area contributed by atoms with Crippen LogP contribution < -0.4 is 18.9 Å². The molecule has 0 N–H and O–H groups in total. The molecular formula is C44H56N6O5. The van der Waals surface area contributed by atoms with Gasteiger partial charge in [-0.05, 0) is 74.3 Å². The van der Waals surface area contributed by atoms with Crippen LogP contribution in [-0.4, -0.2) is 82.5 Å². The fourth-order valence-corrected chi connectivity index (χ4v) is 5.19. The van der Waals surface area contributed by atoms with E-state index in [9.17, 15) is 0 Å². The van der Waals surface area contributed by atoms with Crippen molar-refractivity contribution in [3.8, 4) is 23.0 Å². The SMILES string of the molecule is C=C(C)COc1ccnc(CN(CCOCCN(Cc2cc(OCC(=C)C)ccn2)Cc2cc(OCC(=C)C)ccn2)Cc2cc(OCC(=C)C)ccn2)c1. The monoisotopic (exact) mass is 748 g/mol. The Labute approximate surface area is 327 Å². The van der Waals surface area contributed by atoms with Gasteiger partial charge in [0, 0.05) is 88.3 Å². The summed E-state index contributed by atoms with van der Waals surface area (Å²) in [5.41, 5.74) is 7.31. The number of pyridine rings is 4. The molecule has 0 saturated carbocycles. The maximum Gasteiger partial charge on any atom is 0.123 e. The molecule has 55 heavy (non-hydrogen) atoms. The molecule has 4 aromatic heterocycles. The summed E-state index contributed by atoms with van der Waals surface area (Å²) >= 11 is 0. The maximum absolute atomic E-state index is 6.30. The molecule has 0 saturated heterocycles. The van der Waals surface area contributed by atoms with Gasteiger partial charge in [0.25, 0.3) is 0 Å². The summed E-state index contributed by atoms with van der Waals surface area (Å²) in [5.74, 6) is 3.01. The van der Waals surface area contributed by atoms with Crippen LogP contribution in [-0.2, 0) is 30.9 Å². The third-order valence-electron chi connectivity index (χ3n) is 7.74. The molecule has 0 atom stereocenters. The highest BCUT2D eigenvalue weighted by atomic mass is 16.5. The van der Waals surface area contributed by atoms with Crippen LogP contribution in [0.4, 0.5) is 0 Å². The van der Waals surface area contributed by atoms with Crippen LogP contribution in [0.2, 0.25) is 0 Å². The van der Waals surface area contributed by atoms with Gasteiger partial charge in [-0.25, -0.2) is 0 Å². The third-order valence-corrected chi connectivity index (χ3v) is 7.74. The Morgan fingerprint density at radius 1 is 0.455 bits per heavy atom. The van der Waals surface area contributed by atoms with Crippen molar-refractivity contribution in [2.75, 3.05) is 52.7 Å². The van der Waals surface area contributed by atoms with Gasteiger partial charge >= 0.3 is 0 Å². The average Bonchev–Trinajstić information content (AvgIpc) is 3.15. The Kier molecular flexibility index (Phi) is 17.5. The van der Waals surface area contributed by atoms with Crippen molar-refractivity contribution in [2.24, 2.45) is 0 Å². The summed E-state index contributed by atoms with van der Waals surface area (Å²) in [6, 6.07) is 15.3. The molecule has 11 nitrogen and oxygen atoms in total. The molecule has 0 aromatic carbocycles. The Balaban J connectivity index is 1.43. The highest BCUT2D eigenvalue weighted by Gasteiger charge is 2.14. The largest absolute Gasteiger partial charge is 0.489 e. The molecule has 292 valence electrons. The van der Waals surface area contributed by atoms with Crippen LogP contribution >= 0.6 is 0 Å². The molecule has 0 aliphatic heterocycles. The Morgan fingerprint density at radius 3 is 0.945 bits per heavy atom. The molecule has 0 unspecified atom stereocenters. The van der Waals surface area contributed by atoms with Gasteiger partial charge in [-0.3, -0.25) is 29.7 Å². The van der Waals surface area contributed by atoms with Crippen LogP contribution in [0.3, 0.4) is 0 Å². The zero-order valence-corrected chi connectivity index (χ0v) is 33.0. The number of nitrogens with zero attached hydrogens (tertiary/aromatic N) is 6. The van der Waals surface area contributed by atoms with Gasteiger partial charge in [-0.15, -0.1) is 0 Å². The van der Waals surface area contributed by atoms with Gasteiger partial charge in [0.15, 0.2) is 0 Å². The fourth-order valence-electron chi connectivity index (χ4n) is 5.19. The number of aromatic nitrogens is 4. The first-order valence-corrected chi connectivity index (χ1v) is 18.4. The zero-order chi connectivity index (χ0) is 39.4. The second-order valence-corrected chi connectivity index (χ2v) is 13.9. The molecule has 4 rings (SSSR count). The van der Waals surface area contributed by atoms with Crippen LogP contribution in [0.1, 0.15) is 50.5 Å². The van der Waals surface area contributed by atoms with Crippen molar-refractivity contribution in [3.05, 3.63) is 145 Å². The van der Waals surface area contributed by atoms with E-state index in [0.717, 1.165) is 68.1 Å². The lowest BCUT2D eigenvalue weighted by Crippen LogP contribution is -2.30. The second kappa shape index (κ2) is 22.8. The summed E-state index contributed by atoms with van der Waals surface area (Å²) in [5, 5.41) is 0. The normalized spacial score (nSPS) is 11.0. The Morgan fingerprint density at radius 2 is 0.709 bits per heavy atom. The molecule has 4 aromatic rings.